The molecule has 0 saturated carbocycles. The van der Waals surface area contributed by atoms with Crippen LogP contribution in [0.4, 0.5) is 17.6 Å². The van der Waals surface area contributed by atoms with Crippen molar-refractivity contribution in [3.63, 3.8) is 0 Å². The molecule has 1 amide bonds. The molecule has 14 N–H and O–H groups in total. The number of aldehydes is 1. The second-order valence-electron chi connectivity index (χ2n) is 19.8. The number of nitrogens with two attached hydrogens (primary N) is 6. The molecule has 0 aliphatic carbocycles. The van der Waals surface area contributed by atoms with Gasteiger partial charge in [-0.3, -0.25) is 30.9 Å². The Bertz CT molecular complexity index is 4530. The predicted molar refractivity (Wildman–Crippen MR) is 401 cm³/mol. The van der Waals surface area contributed by atoms with E-state index in [2.05, 4.69) is 74.7 Å². The quantitative estimate of drug-likeness (QED) is 0.00322. The number of esters is 3. The van der Waals surface area contributed by atoms with Gasteiger partial charge in [-0.05, 0) is 236 Å². The molecule has 2 aromatic heterocycles. The maximum atomic E-state index is 12.9. The number of Topliss-reactive ketones (excluding diaryl/α,β-unsaturated/α-hetero) is 2. The third kappa shape index (κ3) is 39.8. The number of aliphatic hydroxyl groups excluding tert-OH is 2. The van der Waals surface area contributed by atoms with Gasteiger partial charge in [0.2, 0.25) is 17.4 Å². The zero-order valence-electron chi connectivity index (χ0n) is 60.1. The number of hydrogen-bond acceptors (Lipinski definition) is 29. The van der Waals surface area contributed by atoms with Crippen molar-refractivity contribution in [2.24, 2.45) is 39.8 Å². The van der Waals surface area contributed by atoms with E-state index in [1.54, 1.807) is 144 Å². The molecular formula is C74H77F4N13O18SSe. The van der Waals surface area contributed by atoms with Gasteiger partial charge in [-0.2, -0.15) is 15.3 Å². The van der Waals surface area contributed by atoms with Gasteiger partial charge in [0.25, 0.3) is 11.7 Å². The Hall–Kier alpha value is -13.3. The van der Waals surface area contributed by atoms with Gasteiger partial charge in [0, 0.05) is 35.5 Å². The minimum absolute atomic E-state index is 0.0123. The Balaban J connectivity index is 0.000000669. The minimum atomic E-state index is -1.62. The summed E-state index contributed by atoms with van der Waals surface area (Å²) in [4.78, 5) is 83.8. The summed E-state index contributed by atoms with van der Waals surface area (Å²) in [5.74, 6) is 12.0. The SMILES string of the molecule is CC(=O)c1ccc(Oc2ccc(F)cc2)cc1.CCO.CCO.CCOC(=O)/C(N)=N/N.CCOC(=O)C(N)=S.CCOC(=O)c1nncc(-c2ccc(Oc3ccc(F)cc3)cc2)n1.NC(=O)c1nncc(-c2ccc(Oc3ccc(F)cc3)cc2)n1.NN.O=CC(=O)c1ccc(Oc2ccc(F)cc2)cc1.O=[Se]=O. The van der Waals surface area contributed by atoms with E-state index in [-0.39, 0.29) is 84.2 Å². The number of carbonyl (C=O) groups is 7. The number of aromatic nitrogens is 6. The van der Waals surface area contributed by atoms with Crippen LogP contribution in [0.15, 0.2) is 212 Å². The number of amidine groups is 1. The van der Waals surface area contributed by atoms with Gasteiger partial charge in [-0.1, -0.05) is 12.2 Å². The molecule has 2 heterocycles. The van der Waals surface area contributed by atoms with Crippen molar-refractivity contribution in [2.45, 2.75) is 41.5 Å². The molecule has 0 bridgehead atoms. The number of primary amides is 1. The van der Waals surface area contributed by atoms with Gasteiger partial charge in [-0.25, -0.2) is 41.9 Å². The number of benzene rings is 8. The molecule has 0 aliphatic heterocycles. The Morgan fingerprint density at radius 2 is 0.730 bits per heavy atom. The first kappa shape index (κ1) is 95.7. The van der Waals surface area contributed by atoms with Gasteiger partial charge < -0.3 is 66.4 Å². The molecule has 8 aromatic carbocycles. The molecule has 0 fully saturated rings. The van der Waals surface area contributed by atoms with E-state index < -0.39 is 44.4 Å². The summed E-state index contributed by atoms with van der Waals surface area (Å²) in [5, 5.41) is 32.8. The van der Waals surface area contributed by atoms with E-state index in [4.69, 9.17) is 58.8 Å². The van der Waals surface area contributed by atoms with Gasteiger partial charge in [0.05, 0.1) is 43.6 Å². The second kappa shape index (κ2) is 56.1. The third-order valence-electron chi connectivity index (χ3n) is 11.9. The Labute approximate surface area is 644 Å². The van der Waals surface area contributed by atoms with Crippen LogP contribution in [0, 0.1) is 23.3 Å². The van der Waals surface area contributed by atoms with Crippen LogP contribution in [-0.2, 0) is 36.3 Å². The van der Waals surface area contributed by atoms with E-state index in [0.717, 1.165) is 11.1 Å². The van der Waals surface area contributed by atoms with Gasteiger partial charge in [-0.15, -0.1) is 10.2 Å². The molecule has 0 radical (unpaired) electrons. The molecule has 0 saturated heterocycles. The number of amides is 1. The predicted octanol–water partition coefficient (Wildman–Crippen LogP) is 9.85. The molecular weight excluding hydrogens is 1550 g/mol. The van der Waals surface area contributed by atoms with Gasteiger partial charge >= 0.3 is 40.4 Å². The van der Waals surface area contributed by atoms with Crippen LogP contribution in [0.3, 0.4) is 0 Å². The monoisotopic (exact) mass is 1620 g/mol. The van der Waals surface area contributed by atoms with Crippen molar-refractivity contribution >= 4 is 79.5 Å². The fraction of sp³-hybridized carbons (Fsp3) is 0.149. The normalized spacial score (nSPS) is 9.55. The van der Waals surface area contributed by atoms with E-state index in [1.165, 1.54) is 104 Å². The van der Waals surface area contributed by atoms with Crippen molar-refractivity contribution in [3.05, 3.63) is 253 Å². The van der Waals surface area contributed by atoms with Crippen LogP contribution in [0.2, 0.25) is 0 Å². The molecule has 10 aromatic rings. The van der Waals surface area contributed by atoms with Crippen LogP contribution >= 0.6 is 12.2 Å². The number of thiocarbonyl (C=S) groups is 1. The van der Waals surface area contributed by atoms with Crippen LogP contribution in [-0.4, -0.2) is 141 Å². The molecule has 586 valence electrons. The van der Waals surface area contributed by atoms with Crippen molar-refractivity contribution in [3.8, 4) is 68.5 Å². The van der Waals surface area contributed by atoms with Crippen LogP contribution in [0.5, 0.6) is 46.0 Å². The summed E-state index contributed by atoms with van der Waals surface area (Å²) in [6, 6.07) is 49.7. The van der Waals surface area contributed by atoms with Crippen molar-refractivity contribution in [1.82, 2.24) is 30.4 Å². The second-order valence-corrected chi connectivity index (χ2v) is 20.5. The number of hydrazine groups is 1. The number of aliphatic hydroxyl groups is 2. The van der Waals surface area contributed by atoms with E-state index in [1.807, 2.05) is 0 Å². The maximum absolute atomic E-state index is 12.9. The van der Waals surface area contributed by atoms with E-state index >= 15 is 0 Å². The summed E-state index contributed by atoms with van der Waals surface area (Å²) >= 11 is 2.66. The van der Waals surface area contributed by atoms with Gasteiger partial charge in [0.1, 0.15) is 69.3 Å². The number of hydrazone groups is 1. The zero-order chi connectivity index (χ0) is 83.1. The molecule has 37 heteroatoms. The number of carbonyl (C=O) groups excluding carboxylic acids is 7. The zero-order valence-corrected chi connectivity index (χ0v) is 62.6. The number of nitrogens with zero attached hydrogens (tertiary/aromatic N) is 7. The summed E-state index contributed by atoms with van der Waals surface area (Å²) in [6.07, 6.45) is 3.15. The molecule has 0 spiro atoms. The summed E-state index contributed by atoms with van der Waals surface area (Å²) < 4.78 is 104. The van der Waals surface area contributed by atoms with Gasteiger partial charge in [0.15, 0.2) is 17.1 Å². The Morgan fingerprint density at radius 3 is 0.991 bits per heavy atom. The molecule has 31 nitrogen and oxygen atoms in total. The molecule has 0 aliphatic rings. The van der Waals surface area contributed by atoms with Crippen LogP contribution in [0.1, 0.15) is 83.5 Å². The van der Waals surface area contributed by atoms with Crippen molar-refractivity contribution in [1.29, 1.82) is 0 Å². The average molecular weight is 1620 g/mol. The van der Waals surface area contributed by atoms with Crippen molar-refractivity contribution < 1.29 is 102 Å². The molecule has 111 heavy (non-hydrogen) atoms. The van der Waals surface area contributed by atoms with E-state index in [9.17, 15) is 51.1 Å². The fourth-order valence-corrected chi connectivity index (χ4v) is 7.25. The Kier molecular flexibility index (Phi) is 48.3. The molecule has 10 rings (SSSR count). The topological polar surface area (TPSA) is 505 Å². The first-order chi connectivity index (χ1) is 53.2. The fourth-order valence-electron chi connectivity index (χ4n) is 7.19. The average Bonchev–Trinajstić information content (AvgIpc) is 0.844. The van der Waals surface area contributed by atoms with Crippen LogP contribution in [0.25, 0.3) is 22.5 Å². The Morgan fingerprint density at radius 1 is 0.459 bits per heavy atom. The first-order valence-corrected chi connectivity index (χ1v) is 33.7. The number of hydrogen-bond donors (Lipinski definition) is 8. The van der Waals surface area contributed by atoms with E-state index in [0.29, 0.717) is 75.1 Å². The molecule has 0 atom stereocenters. The summed E-state index contributed by atoms with van der Waals surface area (Å²) in [6.45, 7) is 11.3. The number of halogens is 4. The molecule has 0 unspecified atom stereocenters. The van der Waals surface area contributed by atoms with Crippen LogP contribution < -0.4 is 53.7 Å². The third-order valence-corrected chi connectivity index (χ3v) is 12.1. The van der Waals surface area contributed by atoms with Crippen molar-refractivity contribution in [2.75, 3.05) is 33.0 Å². The first-order valence-electron chi connectivity index (χ1n) is 31.9. The summed E-state index contributed by atoms with van der Waals surface area (Å²) in [5.41, 5.74) is 18.3. The summed E-state index contributed by atoms with van der Waals surface area (Å²) in [7, 11) is 0. The standard InChI is InChI=1S/C18H14FN3O3.C16H11FN4O2.C14H9FO3.C14H11FO2.C4H9N3O2.C4H7NO2S.2C2H6O.H4N2.O2Se/c1-2-24-18(23)17-21-16(11-20-22-17)12-3-7-14(8-4-12)25-15-9-5-13(19)6-10-15;17-11-3-7-13(8-4-11)23-12-5-1-10(2-6-12)14-9-19-21-16(20-14)15(18)22;15-11-3-7-13(8-4-11)18-12-5-1-10(2-6-12)14(17)9-16;1-10(16)11-2-6-13(7-3-11)17-14-8-4-12(15)5-9-14;1-2-9-4(8)3(5)7-6;1-2-7-4(6)3(5)8;2*1-2-3;1-2;1-3-2/h3-11H,2H2,1H3;1-9H,(H2,18,22);1-9H;2-9H,1H3;2,6H2,1H3,(H2,5,7);2H2,1H3,(H2,5,8);2*3H,2H2,1H3;1-2H2;. The number of rotatable bonds is 18. The number of ether oxygens (including phenoxy) is 7. The number of ketones is 2.